The number of methoxy groups -OCH3 is 1. The van der Waals surface area contributed by atoms with Crippen molar-refractivity contribution >= 4 is 11.8 Å². The second-order valence-corrected chi connectivity index (χ2v) is 7.74. The van der Waals surface area contributed by atoms with Crippen LogP contribution in [0.25, 0.3) is 0 Å². The Balaban J connectivity index is 1.78. The fraction of sp³-hybridized carbons (Fsp3) is 0.895. The molecular weight excluding hydrogens is 400 g/mol. The summed E-state index contributed by atoms with van der Waals surface area (Å²) in [6, 6.07) is -1.21. The number of unbranched alkanes of at least 4 members (excludes halogenated alkanes) is 1. The van der Waals surface area contributed by atoms with E-state index in [4.69, 9.17) is 14.2 Å². The monoisotopic (exact) mass is 434 g/mol. The standard InChI is InChI=1S/C19H34N2O9/c1-11(24)20-16-18(27)17(26)14(10-23)30-19(16)29-6-4-3-5-15(25)21-8-13(28-2)7-12(21)9-22/h12-14,16-19,22-23,26-27H,3-10H2,1-2H3,(H,20,24)/t12-,13+,14?,16?,17?,18?,19?/m0/s1. The fourth-order valence-corrected chi connectivity index (χ4v) is 3.86. The Kier molecular flexibility index (Phi) is 9.88. The number of hydrogen-bond donors (Lipinski definition) is 5. The number of nitrogens with zero attached hydrogens (tertiary/aromatic N) is 1. The highest BCUT2D eigenvalue weighted by Gasteiger charge is 2.45. The van der Waals surface area contributed by atoms with E-state index in [0.29, 0.717) is 25.8 Å². The van der Waals surface area contributed by atoms with E-state index in [-0.39, 0.29) is 37.7 Å². The van der Waals surface area contributed by atoms with Gasteiger partial charge in [-0.2, -0.15) is 0 Å². The van der Waals surface area contributed by atoms with Crippen molar-refractivity contribution in [2.45, 2.75) is 75.4 Å². The van der Waals surface area contributed by atoms with Crippen LogP contribution >= 0.6 is 0 Å². The van der Waals surface area contributed by atoms with Crippen LogP contribution in [0.15, 0.2) is 0 Å². The fourth-order valence-electron chi connectivity index (χ4n) is 3.86. The summed E-state index contributed by atoms with van der Waals surface area (Å²) in [7, 11) is 1.59. The van der Waals surface area contributed by atoms with Gasteiger partial charge in [-0.15, -0.1) is 0 Å². The van der Waals surface area contributed by atoms with Gasteiger partial charge in [0, 0.05) is 33.6 Å². The summed E-state index contributed by atoms with van der Waals surface area (Å²) in [4.78, 5) is 25.5. The summed E-state index contributed by atoms with van der Waals surface area (Å²) >= 11 is 0. The molecule has 30 heavy (non-hydrogen) atoms. The van der Waals surface area contributed by atoms with Gasteiger partial charge in [-0.1, -0.05) is 0 Å². The molecule has 5 unspecified atom stereocenters. The Morgan fingerprint density at radius 3 is 2.50 bits per heavy atom. The van der Waals surface area contributed by atoms with Gasteiger partial charge in [0.25, 0.3) is 0 Å². The number of carbonyl (C=O) groups excluding carboxylic acids is 2. The number of carbonyl (C=O) groups is 2. The van der Waals surface area contributed by atoms with Crippen LogP contribution in [0.4, 0.5) is 0 Å². The maximum Gasteiger partial charge on any atom is 0.222 e. The van der Waals surface area contributed by atoms with Crippen LogP contribution in [0, 0.1) is 0 Å². The van der Waals surface area contributed by atoms with Crippen LogP contribution in [0.2, 0.25) is 0 Å². The lowest BCUT2D eigenvalue weighted by Gasteiger charge is -2.42. The zero-order valence-corrected chi connectivity index (χ0v) is 17.5. The molecule has 11 nitrogen and oxygen atoms in total. The molecule has 0 saturated carbocycles. The third kappa shape index (κ3) is 6.33. The summed E-state index contributed by atoms with van der Waals surface area (Å²) in [6.07, 6.45) is -2.89. The maximum absolute atomic E-state index is 12.4. The van der Waals surface area contributed by atoms with Crippen molar-refractivity contribution in [2.24, 2.45) is 0 Å². The van der Waals surface area contributed by atoms with Crippen molar-refractivity contribution in [2.75, 3.05) is 33.5 Å². The molecule has 174 valence electrons. The van der Waals surface area contributed by atoms with E-state index < -0.39 is 43.2 Å². The molecule has 2 amide bonds. The minimum Gasteiger partial charge on any atom is -0.394 e. The van der Waals surface area contributed by atoms with Crippen molar-refractivity contribution in [1.82, 2.24) is 10.2 Å². The Morgan fingerprint density at radius 2 is 1.90 bits per heavy atom. The second kappa shape index (κ2) is 11.9. The first-order chi connectivity index (χ1) is 14.3. The van der Waals surface area contributed by atoms with Crippen LogP contribution in [0.3, 0.4) is 0 Å². The molecule has 2 aliphatic heterocycles. The molecule has 5 N–H and O–H groups in total. The highest BCUT2D eigenvalue weighted by molar-refractivity contribution is 5.77. The molecule has 2 aliphatic rings. The maximum atomic E-state index is 12.4. The van der Waals surface area contributed by atoms with Crippen LogP contribution in [-0.4, -0.2) is 113 Å². The smallest absolute Gasteiger partial charge is 0.222 e. The summed E-state index contributed by atoms with van der Waals surface area (Å²) in [5.74, 6) is -0.479. The number of aliphatic hydroxyl groups is 4. The van der Waals surface area contributed by atoms with Crippen molar-refractivity contribution in [1.29, 1.82) is 0 Å². The van der Waals surface area contributed by atoms with Crippen LogP contribution in [-0.2, 0) is 23.8 Å². The molecule has 2 rings (SSSR count). The Labute approximate surface area is 175 Å². The first-order valence-corrected chi connectivity index (χ1v) is 10.3. The lowest BCUT2D eigenvalue weighted by atomic mass is 9.97. The first kappa shape index (κ1) is 24.9. The lowest BCUT2D eigenvalue weighted by molar-refractivity contribution is -0.270. The number of nitrogens with one attached hydrogen (secondary N) is 1. The van der Waals surface area contributed by atoms with Gasteiger partial charge < -0.3 is 44.9 Å². The highest BCUT2D eigenvalue weighted by atomic mass is 16.7. The zero-order chi connectivity index (χ0) is 22.3. The van der Waals surface area contributed by atoms with Crippen LogP contribution in [0.1, 0.15) is 32.6 Å². The zero-order valence-electron chi connectivity index (χ0n) is 17.5. The number of likely N-dealkylation sites (tertiary alicyclic amines) is 1. The third-order valence-corrected chi connectivity index (χ3v) is 5.56. The van der Waals surface area contributed by atoms with Gasteiger partial charge in [0.05, 0.1) is 25.4 Å². The number of hydrogen-bond acceptors (Lipinski definition) is 9. The molecule has 0 aliphatic carbocycles. The van der Waals surface area contributed by atoms with Crippen LogP contribution in [0.5, 0.6) is 0 Å². The summed E-state index contributed by atoms with van der Waals surface area (Å²) in [5.41, 5.74) is 0. The number of ether oxygens (including phenoxy) is 3. The molecule has 2 fully saturated rings. The average Bonchev–Trinajstić information content (AvgIpc) is 3.16. The van der Waals surface area contributed by atoms with E-state index >= 15 is 0 Å². The molecule has 0 aromatic carbocycles. The molecule has 11 heteroatoms. The van der Waals surface area contributed by atoms with Crippen molar-refractivity contribution < 1.29 is 44.2 Å². The van der Waals surface area contributed by atoms with E-state index in [0.717, 1.165) is 0 Å². The average molecular weight is 434 g/mol. The Bertz CT molecular complexity index is 564. The van der Waals surface area contributed by atoms with Crippen molar-refractivity contribution in [3.63, 3.8) is 0 Å². The lowest BCUT2D eigenvalue weighted by Crippen LogP contribution is -2.64. The quantitative estimate of drug-likeness (QED) is 0.239. The van der Waals surface area contributed by atoms with Gasteiger partial charge in [-0.05, 0) is 19.3 Å². The molecule has 0 bridgehead atoms. The van der Waals surface area contributed by atoms with Crippen molar-refractivity contribution in [3.05, 3.63) is 0 Å². The van der Waals surface area contributed by atoms with E-state index in [1.165, 1.54) is 6.92 Å². The molecule has 0 aromatic heterocycles. The summed E-state index contributed by atoms with van der Waals surface area (Å²) in [5, 5.41) is 41.5. The number of rotatable bonds is 10. The first-order valence-electron chi connectivity index (χ1n) is 10.3. The third-order valence-electron chi connectivity index (χ3n) is 5.56. The SMILES string of the molecule is CO[C@@H]1C[C@@H](CO)N(C(=O)CCCCOC2OC(CO)C(O)C(O)C2NC(C)=O)C1. The van der Waals surface area contributed by atoms with Gasteiger partial charge in [0.2, 0.25) is 11.8 Å². The van der Waals surface area contributed by atoms with Gasteiger partial charge >= 0.3 is 0 Å². The predicted molar refractivity (Wildman–Crippen MR) is 103 cm³/mol. The number of aliphatic hydroxyl groups excluding tert-OH is 4. The Hall–Kier alpha value is -1.34. The largest absolute Gasteiger partial charge is 0.394 e. The number of amides is 2. The summed E-state index contributed by atoms with van der Waals surface area (Å²) < 4.78 is 16.4. The van der Waals surface area contributed by atoms with Gasteiger partial charge in [-0.3, -0.25) is 9.59 Å². The van der Waals surface area contributed by atoms with E-state index in [1.54, 1.807) is 12.0 Å². The predicted octanol–water partition coefficient (Wildman–Crippen LogP) is -2.27. The Morgan fingerprint density at radius 1 is 1.17 bits per heavy atom. The van der Waals surface area contributed by atoms with E-state index in [9.17, 15) is 30.0 Å². The molecule has 0 spiro atoms. The van der Waals surface area contributed by atoms with Gasteiger partial charge in [-0.25, -0.2) is 0 Å². The molecule has 0 aromatic rings. The van der Waals surface area contributed by atoms with E-state index in [1.807, 2.05) is 0 Å². The highest BCUT2D eigenvalue weighted by Crippen LogP contribution is 2.23. The molecule has 0 radical (unpaired) electrons. The van der Waals surface area contributed by atoms with E-state index in [2.05, 4.69) is 5.32 Å². The van der Waals surface area contributed by atoms with Crippen LogP contribution < -0.4 is 5.32 Å². The minimum absolute atomic E-state index is 0.0578. The molecule has 2 saturated heterocycles. The molecular formula is C19H34N2O9. The topological polar surface area (TPSA) is 158 Å². The molecule has 2 heterocycles. The second-order valence-electron chi connectivity index (χ2n) is 7.74. The minimum atomic E-state index is -1.36. The van der Waals surface area contributed by atoms with Gasteiger partial charge in [0.15, 0.2) is 6.29 Å². The summed E-state index contributed by atoms with van der Waals surface area (Å²) in [6.45, 7) is 1.32. The normalized spacial score (nSPS) is 34.2. The molecule has 7 atom stereocenters. The van der Waals surface area contributed by atoms with Crippen molar-refractivity contribution in [3.8, 4) is 0 Å². The van der Waals surface area contributed by atoms with Gasteiger partial charge in [0.1, 0.15) is 24.4 Å².